The van der Waals surface area contributed by atoms with Crippen LogP contribution in [0.2, 0.25) is 0 Å². The minimum absolute atomic E-state index is 0.0976. The molecule has 0 spiro atoms. The Hall–Kier alpha value is -3.01. The Bertz CT molecular complexity index is 998. The molecule has 1 N–H and O–H groups in total. The molecule has 0 bridgehead atoms. The van der Waals surface area contributed by atoms with Gasteiger partial charge in [-0.05, 0) is 45.4 Å². The van der Waals surface area contributed by atoms with Crippen LogP contribution in [0.5, 0.6) is 0 Å². The average Bonchev–Trinajstić information content (AvgIpc) is 3.20. The van der Waals surface area contributed by atoms with E-state index in [0.29, 0.717) is 22.4 Å². The van der Waals surface area contributed by atoms with Crippen molar-refractivity contribution in [3.8, 4) is 0 Å². The molecule has 0 saturated heterocycles. The number of anilines is 2. The summed E-state index contributed by atoms with van der Waals surface area (Å²) in [4.78, 5) is 31.1. The number of carbonyl (C=O) groups excluding carboxylic acids is 2. The van der Waals surface area contributed by atoms with Gasteiger partial charge >= 0.3 is 11.9 Å². The topological polar surface area (TPSA) is 98.6 Å². The summed E-state index contributed by atoms with van der Waals surface area (Å²) in [5.74, 6) is -0.165. The molecule has 0 amide bonds. The van der Waals surface area contributed by atoms with Gasteiger partial charge in [-0.3, -0.25) is 4.79 Å². The van der Waals surface area contributed by atoms with Gasteiger partial charge in [0.05, 0.1) is 25.0 Å². The Morgan fingerprint density at radius 2 is 1.88 bits per heavy atom. The summed E-state index contributed by atoms with van der Waals surface area (Å²) in [5.41, 5.74) is 3.13. The van der Waals surface area contributed by atoms with Gasteiger partial charge in [0, 0.05) is 24.5 Å². The molecule has 0 fully saturated rings. The lowest BCUT2D eigenvalue weighted by Crippen LogP contribution is -2.29. The summed E-state index contributed by atoms with van der Waals surface area (Å²) in [6.45, 7) is 9.92. The van der Waals surface area contributed by atoms with Gasteiger partial charge < -0.3 is 19.7 Å². The van der Waals surface area contributed by atoms with Crippen LogP contribution in [0.25, 0.3) is 0 Å². The second-order valence-electron chi connectivity index (χ2n) is 7.08. The number of nitrogens with one attached hydrogen (secondary N) is 1. The maximum atomic E-state index is 12.9. The molecule has 1 aromatic heterocycles. The number of hydrogen-bond acceptors (Lipinski definition) is 9. The van der Waals surface area contributed by atoms with Crippen molar-refractivity contribution in [2.45, 2.75) is 38.9 Å². The van der Waals surface area contributed by atoms with Gasteiger partial charge in [-0.1, -0.05) is 23.9 Å². The molecule has 0 unspecified atom stereocenters. The van der Waals surface area contributed by atoms with Gasteiger partial charge in [0.15, 0.2) is 0 Å². The molecule has 10 heteroatoms. The van der Waals surface area contributed by atoms with Gasteiger partial charge in [-0.2, -0.15) is 4.98 Å². The first kappa shape index (κ1) is 23.6. The van der Waals surface area contributed by atoms with Crippen LogP contribution < -0.4 is 10.2 Å². The second kappa shape index (κ2) is 10.5. The first-order chi connectivity index (χ1) is 15.4. The molecule has 1 atom stereocenters. The fraction of sp³-hybridized carbons (Fsp3) is 0.455. The SMILES string of the molecule is CCOC(=O)C1=C(C)Nc2nc(SCC(=O)OC)nn2[C@H]1c1ccc(N(CC)CC)cc1. The van der Waals surface area contributed by atoms with Crippen LogP contribution in [0.15, 0.2) is 40.7 Å². The number of methoxy groups -OCH3 is 1. The van der Waals surface area contributed by atoms with E-state index >= 15 is 0 Å². The number of ether oxygens (including phenoxy) is 2. The molecule has 172 valence electrons. The third-order valence-electron chi connectivity index (χ3n) is 5.21. The standard InChI is InChI=1S/C22H29N5O4S/c1-6-26(7-2)16-11-9-15(10-12-16)19-18(20(29)31-8-3)14(4)23-21-24-22(25-27(19)21)32-13-17(28)30-5/h9-12,19H,6-8,13H2,1-5H3,(H,23,24,25)/t19-/m0/s1. The number of aromatic nitrogens is 3. The fourth-order valence-corrected chi connectivity index (χ4v) is 4.27. The number of thioether (sulfide) groups is 1. The minimum Gasteiger partial charge on any atom is -0.468 e. The zero-order valence-corrected chi connectivity index (χ0v) is 19.9. The predicted octanol–water partition coefficient (Wildman–Crippen LogP) is 3.24. The molecular weight excluding hydrogens is 430 g/mol. The Morgan fingerprint density at radius 1 is 1.19 bits per heavy atom. The molecule has 1 aliphatic heterocycles. The van der Waals surface area contributed by atoms with Gasteiger partial charge in [0.1, 0.15) is 6.04 Å². The van der Waals surface area contributed by atoms with Crippen LogP contribution >= 0.6 is 11.8 Å². The van der Waals surface area contributed by atoms with Crippen molar-refractivity contribution >= 4 is 35.3 Å². The first-order valence-electron chi connectivity index (χ1n) is 10.6. The summed E-state index contributed by atoms with van der Waals surface area (Å²) in [6.07, 6.45) is 0. The Morgan fingerprint density at radius 3 is 2.47 bits per heavy atom. The quantitative estimate of drug-likeness (QED) is 0.447. The number of nitrogens with zero attached hydrogens (tertiary/aromatic N) is 4. The van der Waals surface area contributed by atoms with Crippen molar-refractivity contribution in [2.24, 2.45) is 0 Å². The van der Waals surface area contributed by atoms with E-state index in [1.54, 1.807) is 11.6 Å². The molecule has 2 heterocycles. The highest BCUT2D eigenvalue weighted by Gasteiger charge is 2.35. The summed E-state index contributed by atoms with van der Waals surface area (Å²) in [7, 11) is 1.34. The van der Waals surface area contributed by atoms with Crippen molar-refractivity contribution in [1.29, 1.82) is 0 Å². The normalized spacial score (nSPS) is 15.1. The Kier molecular flexibility index (Phi) is 7.79. The van der Waals surface area contributed by atoms with Crippen molar-refractivity contribution in [3.63, 3.8) is 0 Å². The zero-order valence-electron chi connectivity index (χ0n) is 19.0. The monoisotopic (exact) mass is 459 g/mol. The van der Waals surface area contributed by atoms with E-state index in [1.807, 2.05) is 31.2 Å². The largest absolute Gasteiger partial charge is 0.468 e. The Labute approximate surface area is 192 Å². The van der Waals surface area contributed by atoms with E-state index in [2.05, 4.69) is 34.1 Å². The van der Waals surface area contributed by atoms with Crippen LogP contribution in [0.4, 0.5) is 11.6 Å². The number of carbonyl (C=O) groups is 2. The van der Waals surface area contributed by atoms with Gasteiger partial charge in [-0.15, -0.1) is 5.10 Å². The van der Waals surface area contributed by atoms with Crippen molar-refractivity contribution in [3.05, 3.63) is 41.1 Å². The third kappa shape index (κ3) is 4.90. The smallest absolute Gasteiger partial charge is 0.338 e. The van der Waals surface area contributed by atoms with Crippen molar-refractivity contribution in [1.82, 2.24) is 14.8 Å². The molecule has 3 rings (SSSR count). The maximum Gasteiger partial charge on any atom is 0.338 e. The lowest BCUT2D eigenvalue weighted by Gasteiger charge is -2.28. The van der Waals surface area contributed by atoms with E-state index in [1.165, 1.54) is 18.9 Å². The molecule has 9 nitrogen and oxygen atoms in total. The highest BCUT2D eigenvalue weighted by Crippen LogP contribution is 2.37. The van der Waals surface area contributed by atoms with Crippen LogP contribution in [0.1, 0.15) is 39.3 Å². The Balaban J connectivity index is 2.02. The highest BCUT2D eigenvalue weighted by atomic mass is 32.2. The first-order valence-corrected chi connectivity index (χ1v) is 11.6. The lowest BCUT2D eigenvalue weighted by atomic mass is 9.95. The third-order valence-corrected chi connectivity index (χ3v) is 6.02. The maximum absolute atomic E-state index is 12.9. The number of fused-ring (bicyclic) bond motifs is 1. The number of esters is 2. The molecule has 2 aromatic rings. The zero-order chi connectivity index (χ0) is 23.3. The number of benzene rings is 1. The minimum atomic E-state index is -0.504. The second-order valence-corrected chi connectivity index (χ2v) is 8.02. The summed E-state index contributed by atoms with van der Waals surface area (Å²) in [5, 5.41) is 8.14. The van der Waals surface area contributed by atoms with E-state index in [9.17, 15) is 9.59 Å². The number of hydrogen-bond donors (Lipinski definition) is 1. The summed E-state index contributed by atoms with van der Waals surface area (Å²) >= 11 is 1.18. The molecular formula is C22H29N5O4S. The van der Waals surface area contributed by atoms with Crippen molar-refractivity contribution < 1.29 is 19.1 Å². The predicted molar refractivity (Wildman–Crippen MR) is 124 cm³/mol. The fourth-order valence-electron chi connectivity index (χ4n) is 3.61. The summed E-state index contributed by atoms with van der Waals surface area (Å²) in [6, 6.07) is 7.60. The molecule has 32 heavy (non-hydrogen) atoms. The van der Waals surface area contributed by atoms with E-state index in [4.69, 9.17) is 9.47 Å². The van der Waals surface area contributed by atoms with Gasteiger partial charge in [0.2, 0.25) is 11.1 Å². The molecule has 1 aromatic carbocycles. The van der Waals surface area contributed by atoms with Gasteiger partial charge in [0.25, 0.3) is 0 Å². The molecule has 0 saturated carbocycles. The van der Waals surface area contributed by atoms with Crippen LogP contribution in [-0.2, 0) is 19.1 Å². The molecule has 0 radical (unpaired) electrons. The van der Waals surface area contributed by atoms with Crippen LogP contribution in [0, 0.1) is 0 Å². The van der Waals surface area contributed by atoms with Crippen LogP contribution in [-0.4, -0.2) is 59.3 Å². The number of allylic oxidation sites excluding steroid dienone is 1. The van der Waals surface area contributed by atoms with E-state index in [-0.39, 0.29) is 18.3 Å². The molecule has 0 aliphatic carbocycles. The number of rotatable bonds is 9. The summed E-state index contributed by atoms with van der Waals surface area (Å²) < 4.78 is 11.7. The average molecular weight is 460 g/mol. The van der Waals surface area contributed by atoms with E-state index in [0.717, 1.165) is 24.3 Å². The highest BCUT2D eigenvalue weighted by molar-refractivity contribution is 7.99. The van der Waals surface area contributed by atoms with Gasteiger partial charge in [-0.25, -0.2) is 9.48 Å². The van der Waals surface area contributed by atoms with E-state index < -0.39 is 12.0 Å². The van der Waals surface area contributed by atoms with Crippen LogP contribution in [0.3, 0.4) is 0 Å². The lowest BCUT2D eigenvalue weighted by molar-refractivity contribution is -0.139. The van der Waals surface area contributed by atoms with Crippen molar-refractivity contribution in [2.75, 3.05) is 42.8 Å². The molecule has 1 aliphatic rings.